The quantitative estimate of drug-likeness (QED) is 0.546. The number of carbonyl (C=O) groups excluding carboxylic acids is 1. The molecule has 0 unspecified atom stereocenters. The molecule has 1 aromatic heterocycles. The zero-order valence-corrected chi connectivity index (χ0v) is 19.4. The van der Waals surface area contributed by atoms with Crippen LogP contribution in [0.1, 0.15) is 12.0 Å². The lowest BCUT2D eigenvalue weighted by Gasteiger charge is -2.24. The Morgan fingerprint density at radius 3 is 2.55 bits per heavy atom. The van der Waals surface area contributed by atoms with E-state index >= 15 is 0 Å². The van der Waals surface area contributed by atoms with Crippen LogP contribution in [0, 0.1) is 0 Å². The van der Waals surface area contributed by atoms with E-state index in [0.29, 0.717) is 53.0 Å². The molecule has 0 saturated heterocycles. The lowest BCUT2D eigenvalue weighted by atomic mass is 10.1. The van der Waals surface area contributed by atoms with Gasteiger partial charge in [-0.25, -0.2) is 4.79 Å². The third-order valence-electron chi connectivity index (χ3n) is 5.38. The maximum Gasteiger partial charge on any atom is 0.322 e. The minimum atomic E-state index is -0.316. The lowest BCUT2D eigenvalue weighted by molar-refractivity contribution is 0.172. The third-order valence-corrected chi connectivity index (χ3v) is 5.71. The molecule has 2 heterocycles. The number of urea groups is 1. The van der Waals surface area contributed by atoms with Crippen LogP contribution >= 0.6 is 11.6 Å². The number of aromatic nitrogens is 1. The van der Waals surface area contributed by atoms with Gasteiger partial charge >= 0.3 is 6.03 Å². The van der Waals surface area contributed by atoms with Crippen molar-refractivity contribution in [3.8, 4) is 11.5 Å². The highest BCUT2D eigenvalue weighted by atomic mass is 35.5. The normalized spacial score (nSPS) is 12.7. The van der Waals surface area contributed by atoms with E-state index in [2.05, 4.69) is 15.2 Å². The second-order valence-corrected chi connectivity index (χ2v) is 8.60. The van der Waals surface area contributed by atoms with Gasteiger partial charge in [0.2, 0.25) is 0 Å². The molecule has 174 valence electrons. The Balaban J connectivity index is 1.60. The van der Waals surface area contributed by atoms with Crippen LogP contribution in [-0.2, 0) is 6.54 Å². The van der Waals surface area contributed by atoms with Crippen LogP contribution in [0.4, 0.5) is 10.5 Å². The van der Waals surface area contributed by atoms with E-state index in [1.165, 1.54) is 0 Å². The molecule has 1 aliphatic rings. The van der Waals surface area contributed by atoms with Crippen molar-refractivity contribution >= 4 is 34.2 Å². The van der Waals surface area contributed by atoms with Gasteiger partial charge in [0.05, 0.1) is 22.8 Å². The summed E-state index contributed by atoms with van der Waals surface area (Å²) in [6.45, 7) is 2.41. The number of carbonyl (C=O) groups is 1. The van der Waals surface area contributed by atoms with Gasteiger partial charge in [-0.05, 0) is 51.3 Å². The number of para-hydroxylation sites is 1. The Morgan fingerprint density at radius 1 is 1.09 bits per heavy atom. The van der Waals surface area contributed by atoms with Gasteiger partial charge in [-0.3, -0.25) is 4.79 Å². The monoisotopic (exact) mass is 470 g/mol. The molecular weight excluding hydrogens is 444 g/mol. The molecule has 3 aromatic rings. The second-order valence-electron chi connectivity index (χ2n) is 8.20. The highest BCUT2D eigenvalue weighted by molar-refractivity contribution is 6.33. The van der Waals surface area contributed by atoms with Crippen LogP contribution in [0.5, 0.6) is 11.5 Å². The van der Waals surface area contributed by atoms with Crippen LogP contribution in [-0.4, -0.2) is 61.2 Å². The first-order valence-corrected chi connectivity index (χ1v) is 11.2. The first-order valence-electron chi connectivity index (χ1n) is 10.8. The van der Waals surface area contributed by atoms with E-state index in [1.807, 2.05) is 20.2 Å². The molecule has 0 radical (unpaired) electrons. The van der Waals surface area contributed by atoms with E-state index in [-0.39, 0.29) is 18.1 Å². The van der Waals surface area contributed by atoms with Crippen molar-refractivity contribution < 1.29 is 14.3 Å². The number of hydrogen-bond donors (Lipinski definition) is 2. The number of ether oxygens (including phenoxy) is 2. The highest BCUT2D eigenvalue weighted by Gasteiger charge is 2.19. The summed E-state index contributed by atoms with van der Waals surface area (Å²) in [7, 11) is 3.96. The lowest BCUT2D eigenvalue weighted by Crippen LogP contribution is -2.37. The first-order chi connectivity index (χ1) is 15.9. The van der Waals surface area contributed by atoms with Crippen LogP contribution in [0.25, 0.3) is 10.9 Å². The van der Waals surface area contributed by atoms with Crippen molar-refractivity contribution in [3.05, 3.63) is 63.4 Å². The van der Waals surface area contributed by atoms with Gasteiger partial charge in [-0.1, -0.05) is 23.7 Å². The van der Waals surface area contributed by atoms with E-state index in [0.717, 1.165) is 18.4 Å². The average molecular weight is 471 g/mol. The number of benzene rings is 2. The summed E-state index contributed by atoms with van der Waals surface area (Å²) in [6.07, 6.45) is 0.757. The molecule has 0 bridgehead atoms. The van der Waals surface area contributed by atoms with Gasteiger partial charge in [-0.15, -0.1) is 0 Å². The zero-order chi connectivity index (χ0) is 23.4. The number of pyridine rings is 1. The van der Waals surface area contributed by atoms with Crippen molar-refractivity contribution in [1.82, 2.24) is 14.8 Å². The molecule has 9 heteroatoms. The van der Waals surface area contributed by atoms with Gasteiger partial charge < -0.3 is 29.6 Å². The Hall–Kier alpha value is -3.23. The van der Waals surface area contributed by atoms with Crippen LogP contribution in [0.3, 0.4) is 0 Å². The number of rotatable bonds is 7. The fraction of sp³-hybridized carbons (Fsp3) is 0.333. The summed E-state index contributed by atoms with van der Waals surface area (Å²) < 4.78 is 11.3. The van der Waals surface area contributed by atoms with Crippen LogP contribution < -0.4 is 20.3 Å². The number of nitrogens with zero attached hydrogens (tertiary/aromatic N) is 2. The SMILES string of the molecule is CN(C)CCCN(Cc1cc2cc3c(cc2[nH]c1=O)OCCO3)C(=O)Nc1ccccc1Cl. The average Bonchev–Trinajstić information content (AvgIpc) is 2.78. The molecule has 33 heavy (non-hydrogen) atoms. The number of aromatic amines is 1. The summed E-state index contributed by atoms with van der Waals surface area (Å²) in [5, 5.41) is 4.13. The van der Waals surface area contributed by atoms with E-state index in [9.17, 15) is 9.59 Å². The molecule has 0 spiro atoms. The Kier molecular flexibility index (Phi) is 7.05. The Morgan fingerprint density at radius 2 is 1.82 bits per heavy atom. The molecular formula is C24H27ClN4O4. The highest BCUT2D eigenvalue weighted by Crippen LogP contribution is 2.33. The van der Waals surface area contributed by atoms with Gasteiger partial charge in [0, 0.05) is 23.6 Å². The molecule has 1 aliphatic heterocycles. The number of anilines is 1. The number of H-pyrrole nitrogens is 1. The summed E-state index contributed by atoms with van der Waals surface area (Å²) in [5.74, 6) is 1.26. The third kappa shape index (κ3) is 5.58. The molecule has 2 N–H and O–H groups in total. The second kappa shape index (κ2) is 10.1. The molecule has 0 saturated carbocycles. The maximum atomic E-state index is 13.1. The van der Waals surface area contributed by atoms with Crippen molar-refractivity contribution in [3.63, 3.8) is 0 Å². The van der Waals surface area contributed by atoms with Gasteiger partial charge in [0.25, 0.3) is 5.56 Å². The van der Waals surface area contributed by atoms with Crippen LogP contribution in [0.2, 0.25) is 5.02 Å². The molecule has 0 atom stereocenters. The number of nitrogens with one attached hydrogen (secondary N) is 2. The largest absolute Gasteiger partial charge is 0.486 e. The van der Waals surface area contributed by atoms with Crippen molar-refractivity contribution in [1.29, 1.82) is 0 Å². The maximum absolute atomic E-state index is 13.1. The molecule has 8 nitrogen and oxygen atoms in total. The summed E-state index contributed by atoms with van der Waals surface area (Å²) in [4.78, 5) is 32.5. The summed E-state index contributed by atoms with van der Waals surface area (Å²) >= 11 is 6.21. The minimum Gasteiger partial charge on any atom is -0.486 e. The van der Waals surface area contributed by atoms with Gasteiger partial charge in [0.15, 0.2) is 11.5 Å². The number of hydrogen-bond acceptors (Lipinski definition) is 5. The summed E-state index contributed by atoms with van der Waals surface area (Å²) in [5.41, 5.74) is 1.42. The van der Waals surface area contributed by atoms with Crippen LogP contribution in [0.15, 0.2) is 47.3 Å². The van der Waals surface area contributed by atoms with E-state index in [4.69, 9.17) is 21.1 Å². The Bertz CT molecular complexity index is 1210. The van der Waals surface area contributed by atoms with E-state index < -0.39 is 0 Å². The number of amides is 2. The fourth-order valence-corrected chi connectivity index (χ4v) is 3.88. The number of halogens is 1. The summed E-state index contributed by atoms with van der Waals surface area (Å²) in [6, 6.07) is 12.2. The predicted molar refractivity (Wildman–Crippen MR) is 130 cm³/mol. The Labute approximate surface area is 197 Å². The zero-order valence-electron chi connectivity index (χ0n) is 18.7. The van der Waals surface area contributed by atoms with Gasteiger partial charge in [-0.2, -0.15) is 0 Å². The van der Waals surface area contributed by atoms with Gasteiger partial charge in [0.1, 0.15) is 13.2 Å². The molecule has 0 aliphatic carbocycles. The topological polar surface area (TPSA) is 86.9 Å². The molecule has 0 fully saturated rings. The predicted octanol–water partition coefficient (Wildman–Crippen LogP) is 3.94. The molecule has 4 rings (SSSR count). The van der Waals surface area contributed by atoms with Crippen molar-refractivity contribution in [2.45, 2.75) is 13.0 Å². The van der Waals surface area contributed by atoms with Crippen molar-refractivity contribution in [2.75, 3.05) is 45.7 Å². The number of fused-ring (bicyclic) bond motifs is 2. The minimum absolute atomic E-state index is 0.156. The van der Waals surface area contributed by atoms with E-state index in [1.54, 1.807) is 41.3 Å². The molecule has 2 aromatic carbocycles. The standard InChI is InChI=1S/C24H27ClN4O4/c1-28(2)8-5-9-29(24(31)27-19-7-4-3-6-18(19)25)15-17-12-16-13-21-22(33-11-10-32-21)14-20(16)26-23(17)30/h3-4,6-7,12-14H,5,8-11,15H2,1-2H3,(H,26,30)(H,27,31). The smallest absolute Gasteiger partial charge is 0.322 e. The van der Waals surface area contributed by atoms with Crippen molar-refractivity contribution in [2.24, 2.45) is 0 Å². The first kappa shape index (κ1) is 22.9. The fourth-order valence-electron chi connectivity index (χ4n) is 3.70. The molecule has 2 amide bonds.